The Hall–Kier alpha value is -7.10. The average molecular weight is 678 g/mol. The van der Waals surface area contributed by atoms with Crippen LogP contribution in [0, 0.1) is 0 Å². The van der Waals surface area contributed by atoms with Crippen molar-refractivity contribution in [2.24, 2.45) is 0 Å². The topological polar surface area (TPSA) is 29.5 Å². The Labute approximate surface area is 305 Å². The van der Waals surface area contributed by atoms with Crippen molar-refractivity contribution < 1.29 is 8.83 Å². The maximum absolute atomic E-state index is 6.83. The van der Waals surface area contributed by atoms with E-state index in [2.05, 4.69) is 193 Å². The molecule has 0 aliphatic rings. The van der Waals surface area contributed by atoms with E-state index in [1.54, 1.807) is 0 Å². The summed E-state index contributed by atoms with van der Waals surface area (Å²) >= 11 is 0. The van der Waals surface area contributed by atoms with Crippen LogP contribution in [0.25, 0.3) is 87.7 Å². The summed E-state index contributed by atoms with van der Waals surface area (Å²) in [5.41, 5.74) is 11.4. The van der Waals surface area contributed by atoms with Gasteiger partial charge in [-0.15, -0.1) is 0 Å². The van der Waals surface area contributed by atoms with Crippen LogP contribution in [0.2, 0.25) is 0 Å². The van der Waals surface area contributed by atoms with Crippen LogP contribution in [0.5, 0.6) is 0 Å². The van der Waals surface area contributed by atoms with E-state index in [1.807, 2.05) is 0 Å². The van der Waals surface area contributed by atoms with Crippen molar-refractivity contribution in [3.8, 4) is 22.3 Å². The predicted octanol–water partition coefficient (Wildman–Crippen LogP) is 14.6. The van der Waals surface area contributed by atoms with Gasteiger partial charge in [-0.05, 0) is 93.5 Å². The number of rotatable bonds is 5. The number of hydrogen-bond donors (Lipinski definition) is 0. The van der Waals surface area contributed by atoms with Gasteiger partial charge in [-0.25, -0.2) is 0 Å². The Bertz CT molecular complexity index is 3160. The minimum Gasteiger partial charge on any atom is -0.456 e. The minimum absolute atomic E-state index is 0.880. The summed E-state index contributed by atoms with van der Waals surface area (Å²) in [7, 11) is 0. The monoisotopic (exact) mass is 677 g/mol. The van der Waals surface area contributed by atoms with Crippen molar-refractivity contribution >= 4 is 82.5 Å². The quantitative estimate of drug-likeness (QED) is 0.182. The van der Waals surface area contributed by atoms with Crippen LogP contribution in [-0.2, 0) is 0 Å². The third-order valence-electron chi connectivity index (χ3n) is 10.6. The van der Waals surface area contributed by atoms with Gasteiger partial charge in [0.2, 0.25) is 0 Å². The molecule has 2 heterocycles. The third kappa shape index (κ3) is 4.75. The number of nitrogens with zero attached hydrogens (tertiary/aromatic N) is 1. The molecule has 0 saturated carbocycles. The van der Waals surface area contributed by atoms with Gasteiger partial charge in [0.1, 0.15) is 22.3 Å². The van der Waals surface area contributed by atoms with Gasteiger partial charge in [-0.3, -0.25) is 0 Å². The van der Waals surface area contributed by atoms with Crippen LogP contribution in [0.15, 0.2) is 197 Å². The van der Waals surface area contributed by atoms with E-state index in [1.165, 1.54) is 27.3 Å². The fourth-order valence-electron chi connectivity index (χ4n) is 8.11. The summed E-state index contributed by atoms with van der Waals surface area (Å²) in [5.74, 6) is 0. The van der Waals surface area contributed by atoms with E-state index in [0.717, 1.165) is 77.5 Å². The number of furan rings is 2. The smallest absolute Gasteiger partial charge is 0.143 e. The number of fused-ring (bicyclic) bond motifs is 9. The fourth-order valence-corrected chi connectivity index (χ4v) is 8.11. The van der Waals surface area contributed by atoms with Gasteiger partial charge in [0.15, 0.2) is 0 Å². The number of para-hydroxylation sites is 2. The number of anilines is 3. The predicted molar refractivity (Wildman–Crippen MR) is 222 cm³/mol. The van der Waals surface area contributed by atoms with E-state index in [9.17, 15) is 0 Å². The van der Waals surface area contributed by atoms with Gasteiger partial charge in [0.05, 0.1) is 0 Å². The van der Waals surface area contributed by atoms with Crippen molar-refractivity contribution in [2.45, 2.75) is 0 Å². The first-order chi connectivity index (χ1) is 26.3. The molecular weight excluding hydrogens is 647 g/mol. The molecule has 0 bridgehead atoms. The minimum atomic E-state index is 0.880. The van der Waals surface area contributed by atoms with Crippen LogP contribution in [0.4, 0.5) is 17.1 Å². The van der Waals surface area contributed by atoms with Crippen LogP contribution in [-0.4, -0.2) is 0 Å². The summed E-state index contributed by atoms with van der Waals surface area (Å²) in [6.07, 6.45) is 0. The zero-order valence-corrected chi connectivity index (χ0v) is 28.7. The highest BCUT2D eigenvalue weighted by Gasteiger charge is 2.19. The fraction of sp³-hybridized carbons (Fsp3) is 0. The van der Waals surface area contributed by atoms with E-state index < -0.39 is 0 Å². The molecule has 0 atom stereocenters. The van der Waals surface area contributed by atoms with Gasteiger partial charge < -0.3 is 13.7 Å². The van der Waals surface area contributed by atoms with E-state index in [0.29, 0.717) is 0 Å². The molecule has 0 radical (unpaired) electrons. The summed E-state index contributed by atoms with van der Waals surface area (Å²) < 4.78 is 13.2. The van der Waals surface area contributed by atoms with Gasteiger partial charge in [0, 0.05) is 49.6 Å². The molecule has 53 heavy (non-hydrogen) atoms. The Balaban J connectivity index is 1.04. The molecule has 3 nitrogen and oxygen atoms in total. The molecule has 0 aliphatic carbocycles. The molecule has 0 saturated heterocycles. The largest absolute Gasteiger partial charge is 0.456 e. The standard InChI is InChI=1S/C50H31NO2/c1-3-12-32(13-4-1)43-31-46-42-21-11-20-39(49(42)53-50(46)41-19-10-9-18-40(41)43)33-22-24-37(25-23-33)51(36-16-5-2-6-17-36)38-26-27-47-45(30-38)44-28-34-14-7-8-15-35(34)29-48(44)52-47/h1-31H. The highest BCUT2D eigenvalue weighted by atomic mass is 16.3. The molecule has 0 unspecified atom stereocenters. The molecule has 0 spiro atoms. The highest BCUT2D eigenvalue weighted by molar-refractivity contribution is 6.20. The molecule has 248 valence electrons. The molecule has 11 rings (SSSR count). The Morgan fingerprint density at radius 1 is 0.302 bits per heavy atom. The number of hydrogen-bond acceptors (Lipinski definition) is 3. The molecule has 9 aromatic carbocycles. The SMILES string of the molecule is c1ccc(-c2cc3c4cccc(-c5ccc(N(c6ccccc6)c6ccc7oc8cc9ccccc9cc8c7c6)cc5)c4oc3c3ccccc23)cc1. The Morgan fingerprint density at radius 2 is 0.906 bits per heavy atom. The van der Waals surface area contributed by atoms with E-state index in [4.69, 9.17) is 8.83 Å². The Morgan fingerprint density at radius 3 is 1.72 bits per heavy atom. The molecule has 3 heteroatoms. The molecule has 2 aromatic heterocycles. The first kappa shape index (κ1) is 29.6. The van der Waals surface area contributed by atoms with Crippen molar-refractivity contribution in [3.63, 3.8) is 0 Å². The van der Waals surface area contributed by atoms with Gasteiger partial charge in [-0.1, -0.05) is 127 Å². The summed E-state index contributed by atoms with van der Waals surface area (Å²) in [6, 6.07) is 66.6. The maximum atomic E-state index is 6.83. The van der Waals surface area contributed by atoms with Crippen LogP contribution in [0.3, 0.4) is 0 Å². The van der Waals surface area contributed by atoms with Crippen LogP contribution < -0.4 is 4.90 Å². The Kier molecular flexibility index (Phi) is 6.55. The van der Waals surface area contributed by atoms with Crippen molar-refractivity contribution in [3.05, 3.63) is 188 Å². The molecule has 0 fully saturated rings. The van der Waals surface area contributed by atoms with Crippen LogP contribution in [0.1, 0.15) is 0 Å². The molecular formula is C50H31NO2. The first-order valence-corrected chi connectivity index (χ1v) is 18.0. The van der Waals surface area contributed by atoms with Crippen molar-refractivity contribution in [1.82, 2.24) is 0 Å². The molecule has 11 aromatic rings. The normalized spacial score (nSPS) is 11.8. The summed E-state index contributed by atoms with van der Waals surface area (Å²) in [5, 5.41) is 9.14. The first-order valence-electron chi connectivity index (χ1n) is 18.0. The summed E-state index contributed by atoms with van der Waals surface area (Å²) in [4.78, 5) is 2.31. The van der Waals surface area contributed by atoms with E-state index in [-0.39, 0.29) is 0 Å². The lowest BCUT2D eigenvalue weighted by Crippen LogP contribution is -2.09. The average Bonchev–Trinajstić information content (AvgIpc) is 3.78. The van der Waals surface area contributed by atoms with Gasteiger partial charge >= 0.3 is 0 Å². The third-order valence-corrected chi connectivity index (χ3v) is 10.6. The lowest BCUT2D eigenvalue weighted by atomic mass is 9.95. The van der Waals surface area contributed by atoms with Crippen molar-refractivity contribution in [1.29, 1.82) is 0 Å². The van der Waals surface area contributed by atoms with Gasteiger partial charge in [0.25, 0.3) is 0 Å². The van der Waals surface area contributed by atoms with E-state index >= 15 is 0 Å². The highest BCUT2D eigenvalue weighted by Crippen LogP contribution is 2.44. The maximum Gasteiger partial charge on any atom is 0.143 e. The second kappa shape index (κ2) is 11.7. The lowest BCUT2D eigenvalue weighted by molar-refractivity contribution is 0.669. The second-order valence-electron chi connectivity index (χ2n) is 13.7. The summed E-state index contributed by atoms with van der Waals surface area (Å²) in [6.45, 7) is 0. The molecule has 0 aliphatic heterocycles. The second-order valence-corrected chi connectivity index (χ2v) is 13.7. The van der Waals surface area contributed by atoms with Gasteiger partial charge in [-0.2, -0.15) is 0 Å². The lowest BCUT2D eigenvalue weighted by Gasteiger charge is -2.25. The number of benzene rings is 9. The molecule has 0 N–H and O–H groups in total. The van der Waals surface area contributed by atoms with Crippen LogP contribution >= 0.6 is 0 Å². The van der Waals surface area contributed by atoms with Crippen molar-refractivity contribution in [2.75, 3.05) is 4.90 Å². The molecule has 0 amide bonds. The zero-order valence-electron chi connectivity index (χ0n) is 28.7. The zero-order chi connectivity index (χ0) is 34.9.